The maximum atomic E-state index is 14.8. The van der Waals surface area contributed by atoms with E-state index in [4.69, 9.17) is 10.2 Å². The van der Waals surface area contributed by atoms with Gasteiger partial charge in [-0.25, -0.2) is 32.8 Å². The number of thioether (sulfide) groups is 2. The summed E-state index contributed by atoms with van der Waals surface area (Å²) in [6, 6.07) is 0. The highest BCUT2D eigenvalue weighted by atomic mass is 32.2. The van der Waals surface area contributed by atoms with Crippen LogP contribution in [0.15, 0.2) is 14.4 Å². The fourth-order valence-corrected chi connectivity index (χ4v) is 6.13. The average Bonchev–Trinajstić information content (AvgIpc) is 2.99. The van der Waals surface area contributed by atoms with Crippen LogP contribution < -0.4 is 17.1 Å². The van der Waals surface area contributed by atoms with Crippen molar-refractivity contribution in [3.05, 3.63) is 31.5 Å². The van der Waals surface area contributed by atoms with Crippen LogP contribution in [0.3, 0.4) is 0 Å². The molecule has 0 amide bonds. The van der Waals surface area contributed by atoms with Crippen LogP contribution in [0.4, 0.5) is 43.9 Å². The van der Waals surface area contributed by atoms with Crippen LogP contribution in [0, 0.1) is 0 Å². The molecule has 0 spiro atoms. The number of unbranched alkanes of at least 4 members (excludes halogenated alkanes) is 6. The second kappa shape index (κ2) is 23.2. The van der Waals surface area contributed by atoms with E-state index in [-0.39, 0.29) is 40.9 Å². The summed E-state index contributed by atoms with van der Waals surface area (Å²) in [5.41, 5.74) is -4.88. The topological polar surface area (TPSA) is 116 Å². The zero-order valence-corrected chi connectivity index (χ0v) is 28.5. The van der Waals surface area contributed by atoms with Crippen molar-refractivity contribution in [2.24, 2.45) is 0 Å². The lowest BCUT2D eigenvalue weighted by Gasteiger charge is -2.34. The number of ether oxygens (including phenoxy) is 1. The first-order valence-corrected chi connectivity index (χ1v) is 17.9. The van der Waals surface area contributed by atoms with Crippen molar-refractivity contribution in [2.45, 2.75) is 136 Å². The maximum Gasteiger partial charge on any atom is 0.430 e. The molecule has 2 N–H and O–H groups in total. The van der Waals surface area contributed by atoms with Gasteiger partial charge in [0, 0.05) is 33.2 Å². The summed E-state index contributed by atoms with van der Waals surface area (Å²) in [6.45, 7) is -4.32. The predicted octanol–water partition coefficient (Wildman–Crippen LogP) is 6.92. The number of rotatable bonds is 27. The molecule has 1 aromatic heterocycles. The van der Waals surface area contributed by atoms with Gasteiger partial charge in [0.1, 0.15) is 6.54 Å². The van der Waals surface area contributed by atoms with E-state index in [1.54, 1.807) is 0 Å². The summed E-state index contributed by atoms with van der Waals surface area (Å²) < 4.78 is 141. The molecule has 51 heavy (non-hydrogen) atoms. The van der Waals surface area contributed by atoms with Crippen LogP contribution in [0.1, 0.15) is 86.0 Å². The second-order valence-electron chi connectivity index (χ2n) is 11.2. The molecular weight excluding hydrogens is 752 g/mol. The Bertz CT molecular complexity index is 1250. The Morgan fingerprint density at radius 2 is 0.902 bits per heavy atom. The van der Waals surface area contributed by atoms with E-state index in [1.807, 2.05) is 0 Å². The Kier molecular flexibility index (Phi) is 23.3. The zero-order valence-electron chi connectivity index (χ0n) is 26.9. The highest BCUT2D eigenvalue weighted by Crippen LogP contribution is 2.50. The Balaban J connectivity index is 0. The Morgan fingerprint density at radius 1 is 0.549 bits per heavy atom. The number of aromatic nitrogens is 3. The van der Waals surface area contributed by atoms with Crippen LogP contribution in [-0.2, 0) is 24.4 Å². The number of hydrogen-bond donors (Lipinski definition) is 2. The highest BCUT2D eigenvalue weighted by Gasteiger charge is 2.75. The summed E-state index contributed by atoms with van der Waals surface area (Å²) in [7, 11) is 0. The van der Waals surface area contributed by atoms with E-state index in [9.17, 15) is 58.3 Å². The van der Waals surface area contributed by atoms with Crippen LogP contribution in [0.5, 0.6) is 0 Å². The Labute approximate surface area is 299 Å². The fourth-order valence-electron chi connectivity index (χ4n) is 4.24. The first-order chi connectivity index (χ1) is 22.7. The number of alkyl halides is 10. The highest BCUT2D eigenvalue weighted by molar-refractivity contribution is 7.99. The molecule has 0 aliphatic carbocycles. The van der Waals surface area contributed by atoms with Gasteiger partial charge in [0.25, 0.3) is 0 Å². The normalized spacial score (nSPS) is 12.9. The quantitative estimate of drug-likeness (QED) is 0.0728. The minimum Gasteiger partial charge on any atom is -0.396 e. The summed E-state index contributed by atoms with van der Waals surface area (Å²) in [6.07, 6.45) is -7.20. The summed E-state index contributed by atoms with van der Waals surface area (Å²) in [5.74, 6) is -16.4. The van der Waals surface area contributed by atoms with Crippen LogP contribution in [0.2, 0.25) is 0 Å². The smallest absolute Gasteiger partial charge is 0.396 e. The van der Waals surface area contributed by atoms with E-state index in [0.29, 0.717) is 45.0 Å². The molecule has 0 saturated heterocycles. The number of halogens is 10. The fraction of sp³-hybridized carbons (Fsp3) is 0.900. The molecule has 304 valence electrons. The Morgan fingerprint density at radius 3 is 1.27 bits per heavy atom. The van der Waals surface area contributed by atoms with Crippen molar-refractivity contribution < 1.29 is 58.9 Å². The van der Waals surface area contributed by atoms with Crippen molar-refractivity contribution >= 4 is 23.5 Å². The largest absolute Gasteiger partial charge is 0.430 e. The van der Waals surface area contributed by atoms with Gasteiger partial charge in [-0.3, -0.25) is 0 Å². The van der Waals surface area contributed by atoms with Gasteiger partial charge < -0.3 is 10.2 Å². The van der Waals surface area contributed by atoms with Crippen LogP contribution in [0.25, 0.3) is 0 Å². The van der Waals surface area contributed by atoms with Crippen molar-refractivity contribution in [3.63, 3.8) is 0 Å². The number of aliphatic hydroxyl groups is 2. The lowest BCUT2D eigenvalue weighted by molar-refractivity contribution is -0.485. The SMILES string of the molecule is C.C.CC(F)(F)C(F)(F)C(F)(F)OC(F)(F)C(F)(F)Cn1c(=O)n(CCCSCCCCCCO)c(=O)n(CCCSCCCCCCO)c1=O. The minimum absolute atomic E-state index is 0. The second-order valence-corrected chi connectivity index (χ2v) is 13.7. The average molecular weight is 804 g/mol. The minimum atomic E-state index is -6.84. The predicted molar refractivity (Wildman–Crippen MR) is 179 cm³/mol. The van der Waals surface area contributed by atoms with Crippen molar-refractivity contribution in [3.8, 4) is 0 Å². The van der Waals surface area contributed by atoms with E-state index >= 15 is 0 Å². The molecular formula is C30H51F10N3O6S2. The third kappa shape index (κ3) is 15.3. The van der Waals surface area contributed by atoms with Gasteiger partial charge in [0.2, 0.25) is 0 Å². The molecule has 0 radical (unpaired) electrons. The monoisotopic (exact) mass is 803 g/mol. The van der Waals surface area contributed by atoms with Gasteiger partial charge in [-0.1, -0.05) is 40.5 Å². The summed E-state index contributed by atoms with van der Waals surface area (Å²) in [5, 5.41) is 17.6. The number of nitrogens with zero attached hydrogens (tertiary/aromatic N) is 3. The molecule has 0 saturated carbocycles. The molecule has 1 heterocycles. The van der Waals surface area contributed by atoms with Gasteiger partial charge in [-0.2, -0.15) is 67.4 Å². The van der Waals surface area contributed by atoms with E-state index in [2.05, 4.69) is 4.74 Å². The van der Waals surface area contributed by atoms with Gasteiger partial charge in [-0.15, -0.1) is 0 Å². The van der Waals surface area contributed by atoms with Gasteiger partial charge in [0.15, 0.2) is 0 Å². The number of hydrogen-bond acceptors (Lipinski definition) is 8. The first kappa shape index (κ1) is 51.4. The Hall–Kier alpha value is -1.71. The molecule has 0 bridgehead atoms. The van der Waals surface area contributed by atoms with E-state index < -0.39 is 78.2 Å². The van der Waals surface area contributed by atoms with Gasteiger partial charge in [-0.05, 0) is 61.5 Å². The van der Waals surface area contributed by atoms with Gasteiger partial charge >= 0.3 is 47.1 Å². The molecule has 1 rings (SSSR count). The lowest BCUT2D eigenvalue weighted by atomic mass is 10.2. The molecule has 0 atom stereocenters. The third-order valence-electron chi connectivity index (χ3n) is 7.08. The van der Waals surface area contributed by atoms with Gasteiger partial charge in [0.05, 0.1) is 0 Å². The maximum absolute atomic E-state index is 14.8. The van der Waals surface area contributed by atoms with Crippen molar-refractivity contribution in [1.29, 1.82) is 0 Å². The molecule has 21 heteroatoms. The molecule has 0 aromatic carbocycles. The standard InChI is InChI=1S/C28H43F10N3O6S2.2CH4/c1-24(29,30)26(33,34)28(37,38)47-27(35,36)25(31,32)20-41-22(45)39(12-10-18-48-16-8-4-2-6-14-42)21(44)40(23(41)46)13-11-19-49-17-9-5-3-7-15-43;;/h42-43H,2-20H2,1H3;2*1H4. The molecule has 0 fully saturated rings. The van der Waals surface area contributed by atoms with E-state index in [1.165, 1.54) is 23.5 Å². The molecule has 0 aliphatic heterocycles. The van der Waals surface area contributed by atoms with Crippen molar-refractivity contribution in [1.82, 2.24) is 13.7 Å². The van der Waals surface area contributed by atoms with Crippen LogP contribution >= 0.6 is 23.5 Å². The third-order valence-corrected chi connectivity index (χ3v) is 9.38. The first-order valence-electron chi connectivity index (χ1n) is 15.6. The molecule has 9 nitrogen and oxygen atoms in total. The lowest BCUT2D eigenvalue weighted by Crippen LogP contribution is -2.61. The molecule has 1 aromatic rings. The zero-order chi connectivity index (χ0) is 37.5. The summed E-state index contributed by atoms with van der Waals surface area (Å²) >= 11 is 2.82. The molecule has 0 aliphatic rings. The summed E-state index contributed by atoms with van der Waals surface area (Å²) in [4.78, 5) is 39.1. The number of aliphatic hydroxyl groups excluding tert-OH is 2. The van der Waals surface area contributed by atoms with Crippen LogP contribution in [-0.4, -0.2) is 90.1 Å². The molecule has 0 unspecified atom stereocenters. The van der Waals surface area contributed by atoms with Crippen molar-refractivity contribution in [2.75, 3.05) is 36.2 Å². The van der Waals surface area contributed by atoms with E-state index in [0.717, 1.165) is 38.5 Å².